The SMILES string of the molecule is CCCNC(=O)CSc1nnc(SCC(=O)NCCC)s1. The number of nitrogens with zero attached hydrogens (tertiary/aromatic N) is 2. The highest BCUT2D eigenvalue weighted by Gasteiger charge is 2.10. The Labute approximate surface area is 137 Å². The third-order valence-corrected chi connectivity index (χ3v) is 5.38. The number of hydrogen-bond donors (Lipinski definition) is 2. The summed E-state index contributed by atoms with van der Waals surface area (Å²) in [4.78, 5) is 22.9. The molecule has 0 aliphatic heterocycles. The van der Waals surface area contributed by atoms with Gasteiger partial charge in [-0.2, -0.15) is 0 Å². The maximum Gasteiger partial charge on any atom is 0.230 e. The maximum atomic E-state index is 11.5. The highest BCUT2D eigenvalue weighted by molar-refractivity contribution is 8.03. The summed E-state index contributed by atoms with van der Waals surface area (Å²) in [5.74, 6) is 0.697. The average Bonchev–Trinajstić information content (AvgIpc) is 2.94. The van der Waals surface area contributed by atoms with Gasteiger partial charge in [-0.15, -0.1) is 10.2 Å². The van der Waals surface area contributed by atoms with Crippen molar-refractivity contribution in [2.24, 2.45) is 0 Å². The molecular weight excluding hydrogens is 328 g/mol. The number of nitrogens with one attached hydrogen (secondary N) is 2. The second-order valence-corrected chi connectivity index (χ2v) is 7.53. The minimum absolute atomic E-state index is 0.00481. The quantitative estimate of drug-likeness (QED) is 0.627. The van der Waals surface area contributed by atoms with Crippen LogP contribution in [0.5, 0.6) is 0 Å². The number of hydrogen-bond acceptors (Lipinski definition) is 7. The van der Waals surface area contributed by atoms with E-state index in [1.165, 1.54) is 34.9 Å². The van der Waals surface area contributed by atoms with Crippen molar-refractivity contribution in [2.75, 3.05) is 24.6 Å². The predicted molar refractivity (Wildman–Crippen MR) is 88.0 cm³/mol. The van der Waals surface area contributed by atoms with E-state index < -0.39 is 0 Å². The molecular formula is C12H20N4O2S3. The Bertz CT molecular complexity index is 415. The van der Waals surface area contributed by atoms with Crippen molar-refractivity contribution in [1.29, 1.82) is 0 Å². The van der Waals surface area contributed by atoms with E-state index in [2.05, 4.69) is 20.8 Å². The topological polar surface area (TPSA) is 84.0 Å². The fourth-order valence-corrected chi connectivity index (χ4v) is 3.88. The van der Waals surface area contributed by atoms with Crippen LogP contribution in [0.4, 0.5) is 0 Å². The zero-order valence-electron chi connectivity index (χ0n) is 12.2. The summed E-state index contributed by atoms with van der Waals surface area (Å²) in [6.45, 7) is 5.42. The fraction of sp³-hybridized carbons (Fsp3) is 0.667. The summed E-state index contributed by atoms with van der Waals surface area (Å²) in [6.07, 6.45) is 1.85. The predicted octanol–water partition coefficient (Wildman–Crippen LogP) is 1.77. The minimum atomic E-state index is 0.00481. The third kappa shape index (κ3) is 8.27. The van der Waals surface area contributed by atoms with Gasteiger partial charge in [-0.3, -0.25) is 9.59 Å². The number of aromatic nitrogens is 2. The van der Waals surface area contributed by atoms with Crippen molar-refractivity contribution >= 4 is 46.7 Å². The van der Waals surface area contributed by atoms with Gasteiger partial charge < -0.3 is 10.6 Å². The Hall–Kier alpha value is -0.800. The first-order valence-corrected chi connectivity index (χ1v) is 9.57. The summed E-state index contributed by atoms with van der Waals surface area (Å²) in [5, 5.41) is 13.6. The van der Waals surface area contributed by atoms with Crippen LogP contribution < -0.4 is 10.6 Å². The van der Waals surface area contributed by atoms with Gasteiger partial charge in [0, 0.05) is 13.1 Å². The van der Waals surface area contributed by atoms with Crippen molar-refractivity contribution in [1.82, 2.24) is 20.8 Å². The molecule has 0 unspecified atom stereocenters. The fourth-order valence-electron chi connectivity index (χ4n) is 1.20. The Balaban J connectivity index is 2.26. The van der Waals surface area contributed by atoms with Gasteiger partial charge in [0.15, 0.2) is 8.68 Å². The second-order valence-electron chi connectivity index (χ2n) is 4.11. The van der Waals surface area contributed by atoms with E-state index in [9.17, 15) is 9.59 Å². The minimum Gasteiger partial charge on any atom is -0.355 e. The molecule has 0 spiro atoms. The molecule has 0 saturated carbocycles. The van der Waals surface area contributed by atoms with Crippen LogP contribution in [0, 0.1) is 0 Å². The Morgan fingerprint density at radius 1 is 0.952 bits per heavy atom. The summed E-state index contributed by atoms with van der Waals surface area (Å²) >= 11 is 4.14. The van der Waals surface area contributed by atoms with Crippen LogP contribution in [0.3, 0.4) is 0 Å². The molecule has 2 N–H and O–H groups in total. The van der Waals surface area contributed by atoms with Gasteiger partial charge in [-0.1, -0.05) is 48.7 Å². The van der Waals surface area contributed by atoms with Crippen molar-refractivity contribution in [3.8, 4) is 0 Å². The first-order valence-electron chi connectivity index (χ1n) is 6.78. The highest BCUT2D eigenvalue weighted by Crippen LogP contribution is 2.28. The number of thioether (sulfide) groups is 2. The molecule has 21 heavy (non-hydrogen) atoms. The smallest absolute Gasteiger partial charge is 0.230 e. The lowest BCUT2D eigenvalue weighted by atomic mass is 10.5. The number of carbonyl (C=O) groups excluding carboxylic acids is 2. The average molecular weight is 349 g/mol. The van der Waals surface area contributed by atoms with Crippen molar-refractivity contribution in [3.05, 3.63) is 0 Å². The lowest BCUT2D eigenvalue weighted by Crippen LogP contribution is -2.25. The molecule has 1 aromatic heterocycles. The van der Waals surface area contributed by atoms with Crippen LogP contribution in [-0.4, -0.2) is 46.6 Å². The standard InChI is InChI=1S/C12H20N4O2S3/c1-3-5-13-9(17)7-19-11-15-16-12(21-11)20-8-10(18)14-6-4-2/h3-8H2,1-2H3,(H,13,17)(H,14,18). The second kappa shape index (κ2) is 10.9. The molecule has 1 heterocycles. The van der Waals surface area contributed by atoms with Crippen LogP contribution in [0.25, 0.3) is 0 Å². The van der Waals surface area contributed by atoms with Crippen LogP contribution in [0.2, 0.25) is 0 Å². The van der Waals surface area contributed by atoms with Crippen LogP contribution in [0.1, 0.15) is 26.7 Å². The monoisotopic (exact) mass is 348 g/mol. The molecule has 0 aliphatic rings. The first-order chi connectivity index (χ1) is 10.2. The van der Waals surface area contributed by atoms with E-state index in [-0.39, 0.29) is 11.8 Å². The number of amides is 2. The Morgan fingerprint density at radius 3 is 1.76 bits per heavy atom. The van der Waals surface area contributed by atoms with E-state index in [1.54, 1.807) is 0 Å². The van der Waals surface area contributed by atoms with Gasteiger partial charge in [0.05, 0.1) is 11.5 Å². The zero-order valence-corrected chi connectivity index (χ0v) is 14.6. The molecule has 1 aromatic rings. The van der Waals surface area contributed by atoms with Gasteiger partial charge in [-0.25, -0.2) is 0 Å². The van der Waals surface area contributed by atoms with Crippen LogP contribution in [-0.2, 0) is 9.59 Å². The van der Waals surface area contributed by atoms with Crippen LogP contribution in [0.15, 0.2) is 8.68 Å². The van der Waals surface area contributed by atoms with Crippen LogP contribution >= 0.6 is 34.9 Å². The first kappa shape index (κ1) is 18.2. The summed E-state index contributed by atoms with van der Waals surface area (Å²) in [7, 11) is 0. The molecule has 9 heteroatoms. The van der Waals surface area contributed by atoms with Gasteiger partial charge in [-0.05, 0) is 12.8 Å². The largest absolute Gasteiger partial charge is 0.355 e. The molecule has 0 radical (unpaired) electrons. The lowest BCUT2D eigenvalue weighted by Gasteiger charge is -2.01. The van der Waals surface area contributed by atoms with Crippen molar-refractivity contribution in [3.63, 3.8) is 0 Å². The van der Waals surface area contributed by atoms with E-state index in [1.807, 2.05) is 13.8 Å². The van der Waals surface area contributed by atoms with Crippen molar-refractivity contribution < 1.29 is 9.59 Å². The van der Waals surface area contributed by atoms with Crippen molar-refractivity contribution in [2.45, 2.75) is 35.4 Å². The van der Waals surface area contributed by atoms with E-state index >= 15 is 0 Å². The lowest BCUT2D eigenvalue weighted by molar-refractivity contribution is -0.119. The van der Waals surface area contributed by atoms with E-state index in [4.69, 9.17) is 0 Å². The zero-order chi connectivity index (χ0) is 15.5. The summed E-state index contributed by atoms with van der Waals surface area (Å²) < 4.78 is 1.50. The van der Waals surface area contributed by atoms with E-state index in [0.717, 1.165) is 21.5 Å². The molecule has 1 rings (SSSR count). The Morgan fingerprint density at radius 2 is 1.38 bits per heavy atom. The third-order valence-electron chi connectivity index (χ3n) is 2.19. The molecule has 0 bridgehead atoms. The molecule has 6 nitrogen and oxygen atoms in total. The normalized spacial score (nSPS) is 10.4. The number of rotatable bonds is 10. The molecule has 0 atom stereocenters. The van der Waals surface area contributed by atoms with Gasteiger partial charge in [0.25, 0.3) is 0 Å². The van der Waals surface area contributed by atoms with Gasteiger partial charge >= 0.3 is 0 Å². The number of carbonyl (C=O) groups is 2. The summed E-state index contributed by atoms with van der Waals surface area (Å²) in [5.41, 5.74) is 0. The molecule has 0 saturated heterocycles. The molecule has 0 fully saturated rings. The van der Waals surface area contributed by atoms with Gasteiger partial charge in [0.2, 0.25) is 11.8 Å². The molecule has 118 valence electrons. The van der Waals surface area contributed by atoms with E-state index in [0.29, 0.717) is 24.6 Å². The summed E-state index contributed by atoms with van der Waals surface area (Å²) in [6, 6.07) is 0. The maximum absolute atomic E-state index is 11.5. The molecule has 0 aromatic carbocycles. The van der Waals surface area contributed by atoms with Gasteiger partial charge in [0.1, 0.15) is 0 Å². The Kier molecular flexibility index (Phi) is 9.44. The highest BCUT2D eigenvalue weighted by atomic mass is 32.2. The molecule has 0 aliphatic carbocycles. The molecule has 2 amide bonds.